The van der Waals surface area contributed by atoms with Gasteiger partial charge in [-0.05, 0) is 17.7 Å². The summed E-state index contributed by atoms with van der Waals surface area (Å²) in [6.07, 6.45) is 0.452. The van der Waals surface area contributed by atoms with E-state index < -0.39 is 11.7 Å². The first kappa shape index (κ1) is 10.8. The number of allylic oxidation sites excluding steroid dienone is 1. The molecule has 0 aliphatic carbocycles. The van der Waals surface area contributed by atoms with Crippen molar-refractivity contribution in [3.63, 3.8) is 0 Å². The van der Waals surface area contributed by atoms with Gasteiger partial charge < -0.3 is 0 Å². The highest BCUT2D eigenvalue weighted by atomic mass is 19.3. The van der Waals surface area contributed by atoms with Crippen LogP contribution in [-0.4, -0.2) is 5.92 Å². The molecular weight excluding hydrogens is 189 g/mol. The fourth-order valence-electron chi connectivity index (χ4n) is 1.18. The molecule has 0 spiro atoms. The Hall–Kier alpha value is -1.25. The van der Waals surface area contributed by atoms with Crippen LogP contribution in [0.4, 0.5) is 13.2 Å². The molecule has 0 aromatic heterocycles. The van der Waals surface area contributed by atoms with Crippen molar-refractivity contribution in [2.24, 2.45) is 0 Å². The van der Waals surface area contributed by atoms with Gasteiger partial charge in [0.2, 0.25) is 0 Å². The zero-order valence-electron chi connectivity index (χ0n) is 7.64. The fourth-order valence-corrected chi connectivity index (χ4v) is 1.18. The topological polar surface area (TPSA) is 0 Å². The van der Waals surface area contributed by atoms with Gasteiger partial charge in [-0.1, -0.05) is 18.2 Å². The lowest BCUT2D eigenvalue weighted by Gasteiger charge is -2.13. The van der Waals surface area contributed by atoms with Gasteiger partial charge in [-0.25, -0.2) is 13.2 Å². The summed E-state index contributed by atoms with van der Waals surface area (Å²) >= 11 is 0. The number of hydrogen-bond donors (Lipinski definition) is 0. The quantitative estimate of drug-likeness (QED) is 0.651. The Kier molecular flexibility index (Phi) is 3.33. The number of hydrogen-bond acceptors (Lipinski definition) is 0. The van der Waals surface area contributed by atoms with Crippen molar-refractivity contribution in [3.05, 3.63) is 48.3 Å². The molecule has 14 heavy (non-hydrogen) atoms. The van der Waals surface area contributed by atoms with E-state index in [1.165, 1.54) is 30.3 Å². The summed E-state index contributed by atoms with van der Waals surface area (Å²) in [6, 6.07) is 5.09. The van der Waals surface area contributed by atoms with Gasteiger partial charge in [0.05, 0.1) is 0 Å². The highest BCUT2D eigenvalue weighted by molar-refractivity contribution is 5.17. The molecule has 0 atom stereocenters. The van der Waals surface area contributed by atoms with Crippen molar-refractivity contribution in [3.8, 4) is 0 Å². The van der Waals surface area contributed by atoms with Gasteiger partial charge in [0.25, 0.3) is 5.92 Å². The number of alkyl halides is 2. The zero-order valence-corrected chi connectivity index (χ0v) is 7.64. The highest BCUT2D eigenvalue weighted by Crippen LogP contribution is 2.24. The maximum absolute atomic E-state index is 13.0. The van der Waals surface area contributed by atoms with Crippen LogP contribution in [0.2, 0.25) is 0 Å². The average Bonchev–Trinajstić information content (AvgIpc) is 2.08. The minimum absolute atomic E-state index is 0.357. The van der Waals surface area contributed by atoms with Crippen molar-refractivity contribution < 1.29 is 13.2 Å². The van der Waals surface area contributed by atoms with E-state index in [2.05, 4.69) is 6.58 Å². The second-order valence-electron chi connectivity index (χ2n) is 3.15. The van der Waals surface area contributed by atoms with E-state index >= 15 is 0 Å². The molecule has 0 N–H and O–H groups in total. The molecule has 0 aliphatic rings. The molecule has 0 saturated carbocycles. The Bertz CT molecular complexity index is 301. The second kappa shape index (κ2) is 4.31. The lowest BCUT2D eigenvalue weighted by molar-refractivity contribution is 0.00498. The summed E-state index contributed by atoms with van der Waals surface area (Å²) in [7, 11) is 0. The smallest absolute Gasteiger partial charge is 0.207 e. The minimum atomic E-state index is -2.79. The Morgan fingerprint density at radius 3 is 2.29 bits per heavy atom. The minimum Gasteiger partial charge on any atom is -0.207 e. The molecule has 0 amide bonds. The lowest BCUT2D eigenvalue weighted by Crippen LogP contribution is -2.18. The summed E-state index contributed by atoms with van der Waals surface area (Å²) in [5.74, 6) is -3.21. The first-order valence-electron chi connectivity index (χ1n) is 4.27. The van der Waals surface area contributed by atoms with Crippen LogP contribution in [0.25, 0.3) is 0 Å². The number of halogens is 3. The van der Waals surface area contributed by atoms with Crippen molar-refractivity contribution in [2.75, 3.05) is 0 Å². The standard InChI is InChI=1S/C11H11F3/c1-2-7-11(13,14)8-9-3-5-10(12)6-4-9/h2-6H,1,7-8H2. The molecule has 0 radical (unpaired) electrons. The summed E-state index contributed by atoms with van der Waals surface area (Å²) in [5.41, 5.74) is 0.429. The first-order valence-corrected chi connectivity index (χ1v) is 4.27. The first-order chi connectivity index (χ1) is 6.53. The van der Waals surface area contributed by atoms with E-state index in [-0.39, 0.29) is 12.8 Å². The van der Waals surface area contributed by atoms with E-state index in [0.29, 0.717) is 5.56 Å². The second-order valence-corrected chi connectivity index (χ2v) is 3.15. The molecule has 76 valence electrons. The average molecular weight is 200 g/mol. The molecule has 0 bridgehead atoms. The Morgan fingerprint density at radius 1 is 1.21 bits per heavy atom. The molecule has 1 rings (SSSR count). The maximum Gasteiger partial charge on any atom is 0.255 e. The van der Waals surface area contributed by atoms with Gasteiger partial charge in [-0.15, -0.1) is 6.58 Å². The normalized spacial score (nSPS) is 11.4. The molecule has 1 aromatic rings. The highest BCUT2D eigenvalue weighted by Gasteiger charge is 2.27. The molecule has 0 fully saturated rings. The van der Waals surface area contributed by atoms with Crippen LogP contribution in [0.5, 0.6) is 0 Å². The molecule has 0 heterocycles. The van der Waals surface area contributed by atoms with Crippen LogP contribution in [0.1, 0.15) is 12.0 Å². The molecular formula is C11H11F3. The van der Waals surface area contributed by atoms with Gasteiger partial charge in [-0.3, -0.25) is 0 Å². The number of benzene rings is 1. The van der Waals surface area contributed by atoms with Crippen LogP contribution >= 0.6 is 0 Å². The van der Waals surface area contributed by atoms with Crippen LogP contribution < -0.4 is 0 Å². The van der Waals surface area contributed by atoms with E-state index in [1.807, 2.05) is 0 Å². The molecule has 0 saturated heterocycles. The predicted octanol–water partition coefficient (Wildman–Crippen LogP) is 3.58. The maximum atomic E-state index is 13.0. The van der Waals surface area contributed by atoms with Crippen LogP contribution in [0.3, 0.4) is 0 Å². The zero-order chi connectivity index (χ0) is 10.6. The van der Waals surface area contributed by atoms with E-state index in [4.69, 9.17) is 0 Å². The van der Waals surface area contributed by atoms with Gasteiger partial charge in [0, 0.05) is 12.8 Å². The summed E-state index contributed by atoms with van der Waals surface area (Å²) < 4.78 is 38.6. The molecule has 0 aliphatic heterocycles. The van der Waals surface area contributed by atoms with Crippen molar-refractivity contribution >= 4 is 0 Å². The summed E-state index contributed by atoms with van der Waals surface area (Å²) in [5, 5.41) is 0. The van der Waals surface area contributed by atoms with E-state index in [1.54, 1.807) is 0 Å². The third kappa shape index (κ3) is 3.24. The van der Waals surface area contributed by atoms with E-state index in [9.17, 15) is 13.2 Å². The monoisotopic (exact) mass is 200 g/mol. The molecule has 3 heteroatoms. The molecule has 1 aromatic carbocycles. The fraction of sp³-hybridized carbons (Fsp3) is 0.273. The summed E-state index contributed by atoms with van der Waals surface area (Å²) in [6.45, 7) is 3.26. The van der Waals surface area contributed by atoms with Crippen molar-refractivity contribution in [1.82, 2.24) is 0 Å². The lowest BCUT2D eigenvalue weighted by atomic mass is 10.1. The van der Waals surface area contributed by atoms with E-state index in [0.717, 1.165) is 0 Å². The van der Waals surface area contributed by atoms with Gasteiger partial charge in [0.1, 0.15) is 5.82 Å². The van der Waals surface area contributed by atoms with Gasteiger partial charge in [0.15, 0.2) is 0 Å². The Balaban J connectivity index is 2.68. The Labute approximate surface area is 81.1 Å². The van der Waals surface area contributed by atoms with Crippen LogP contribution in [-0.2, 0) is 6.42 Å². The van der Waals surface area contributed by atoms with Gasteiger partial charge in [-0.2, -0.15) is 0 Å². The Morgan fingerprint density at radius 2 is 1.79 bits per heavy atom. The molecule has 0 unspecified atom stereocenters. The summed E-state index contributed by atoms with van der Waals surface area (Å²) in [4.78, 5) is 0. The number of rotatable bonds is 4. The van der Waals surface area contributed by atoms with Crippen LogP contribution in [0, 0.1) is 5.82 Å². The van der Waals surface area contributed by atoms with Crippen molar-refractivity contribution in [1.29, 1.82) is 0 Å². The third-order valence-corrected chi connectivity index (χ3v) is 1.82. The predicted molar refractivity (Wildman–Crippen MR) is 49.9 cm³/mol. The third-order valence-electron chi connectivity index (χ3n) is 1.82. The largest absolute Gasteiger partial charge is 0.255 e. The molecule has 0 nitrogen and oxygen atoms in total. The van der Waals surface area contributed by atoms with Crippen LogP contribution in [0.15, 0.2) is 36.9 Å². The van der Waals surface area contributed by atoms with Gasteiger partial charge >= 0.3 is 0 Å². The van der Waals surface area contributed by atoms with Crippen molar-refractivity contribution in [2.45, 2.75) is 18.8 Å². The SMILES string of the molecule is C=CCC(F)(F)Cc1ccc(F)cc1.